The van der Waals surface area contributed by atoms with Gasteiger partial charge < -0.3 is 10.4 Å². The summed E-state index contributed by atoms with van der Waals surface area (Å²) in [6.45, 7) is 3.31. The number of hydrogen-bond acceptors (Lipinski definition) is 2. The molecule has 1 aliphatic rings. The van der Waals surface area contributed by atoms with Crippen molar-refractivity contribution in [3.05, 3.63) is 29.8 Å². The van der Waals surface area contributed by atoms with Gasteiger partial charge in [0, 0.05) is 5.54 Å². The summed E-state index contributed by atoms with van der Waals surface area (Å²) in [5, 5.41) is 13.1. The van der Waals surface area contributed by atoms with E-state index in [1.54, 1.807) is 6.07 Å². The first-order valence-corrected chi connectivity index (χ1v) is 5.28. The van der Waals surface area contributed by atoms with E-state index < -0.39 is 0 Å². The quantitative estimate of drug-likeness (QED) is 0.766. The van der Waals surface area contributed by atoms with Gasteiger partial charge in [0.1, 0.15) is 5.75 Å². The fourth-order valence-corrected chi connectivity index (χ4v) is 2.08. The van der Waals surface area contributed by atoms with Gasteiger partial charge in [-0.15, -0.1) is 0 Å². The van der Waals surface area contributed by atoms with E-state index in [0.29, 0.717) is 5.75 Å². The molecule has 1 unspecified atom stereocenters. The van der Waals surface area contributed by atoms with Crippen molar-refractivity contribution in [2.75, 3.05) is 6.54 Å². The first kappa shape index (κ1) is 9.53. The highest BCUT2D eigenvalue weighted by Crippen LogP contribution is 2.30. The zero-order valence-corrected chi connectivity index (χ0v) is 8.59. The minimum absolute atomic E-state index is 0.249. The van der Waals surface area contributed by atoms with Crippen LogP contribution in [0.2, 0.25) is 0 Å². The lowest BCUT2D eigenvalue weighted by molar-refractivity contribution is 0.196. The highest BCUT2D eigenvalue weighted by atomic mass is 16.3. The molecule has 1 aliphatic heterocycles. The number of benzene rings is 1. The van der Waals surface area contributed by atoms with Crippen LogP contribution in [0.5, 0.6) is 5.75 Å². The maximum absolute atomic E-state index is 9.66. The van der Waals surface area contributed by atoms with Gasteiger partial charge >= 0.3 is 0 Å². The maximum Gasteiger partial charge on any atom is 0.118 e. The molecule has 14 heavy (non-hydrogen) atoms. The first-order chi connectivity index (χ1) is 6.76. The fourth-order valence-electron chi connectivity index (χ4n) is 2.08. The normalized spacial score (nSPS) is 25.8. The Morgan fingerprint density at radius 3 is 2.64 bits per heavy atom. The molecule has 0 saturated carbocycles. The van der Waals surface area contributed by atoms with Crippen molar-refractivity contribution in [3.63, 3.8) is 0 Å². The molecule has 0 spiro atoms. The topological polar surface area (TPSA) is 32.3 Å². The van der Waals surface area contributed by atoms with Gasteiger partial charge in [-0.3, -0.25) is 0 Å². The van der Waals surface area contributed by atoms with Crippen LogP contribution in [0.1, 0.15) is 25.3 Å². The minimum atomic E-state index is 0.249. The summed E-state index contributed by atoms with van der Waals surface area (Å²) in [4.78, 5) is 0. The van der Waals surface area contributed by atoms with Crippen molar-refractivity contribution in [2.24, 2.45) is 0 Å². The number of hydrogen-bond donors (Lipinski definition) is 2. The molecule has 1 saturated heterocycles. The monoisotopic (exact) mass is 191 g/mol. The summed E-state index contributed by atoms with van der Waals surface area (Å²) >= 11 is 0. The average molecular weight is 191 g/mol. The van der Waals surface area contributed by atoms with Crippen molar-refractivity contribution in [1.29, 1.82) is 0 Å². The third-order valence-corrected chi connectivity index (χ3v) is 3.30. The van der Waals surface area contributed by atoms with E-state index in [0.717, 1.165) is 24.9 Å². The van der Waals surface area contributed by atoms with Crippen LogP contribution in [0.4, 0.5) is 0 Å². The van der Waals surface area contributed by atoms with Crippen molar-refractivity contribution < 1.29 is 5.11 Å². The molecule has 76 valence electrons. The average Bonchev–Trinajstić information content (AvgIpc) is 2.14. The van der Waals surface area contributed by atoms with E-state index in [1.807, 2.05) is 18.2 Å². The van der Waals surface area contributed by atoms with Crippen molar-refractivity contribution in [2.45, 2.75) is 31.7 Å². The number of phenols is 1. The number of para-hydroxylation sites is 1. The molecule has 0 aromatic heterocycles. The van der Waals surface area contributed by atoms with E-state index in [2.05, 4.69) is 12.2 Å². The molecule has 1 aromatic carbocycles. The smallest absolute Gasteiger partial charge is 0.118 e. The SMILES string of the molecule is CCC1(Cc2ccccc2O)CCN1. The standard InChI is InChI=1S/C12H17NO/c1-2-12(7-8-13-12)9-10-5-3-4-6-11(10)14/h3-6,13-14H,2,7-9H2,1H3. The summed E-state index contributed by atoms with van der Waals surface area (Å²) in [5.74, 6) is 0.425. The van der Waals surface area contributed by atoms with Crippen LogP contribution >= 0.6 is 0 Å². The largest absolute Gasteiger partial charge is 0.508 e. The van der Waals surface area contributed by atoms with Gasteiger partial charge in [0.25, 0.3) is 0 Å². The number of nitrogens with one attached hydrogen (secondary N) is 1. The Balaban J connectivity index is 2.13. The molecule has 1 aromatic rings. The summed E-state index contributed by atoms with van der Waals surface area (Å²) < 4.78 is 0. The molecule has 0 amide bonds. The molecule has 2 nitrogen and oxygen atoms in total. The van der Waals surface area contributed by atoms with E-state index in [1.165, 1.54) is 6.42 Å². The zero-order valence-electron chi connectivity index (χ0n) is 8.59. The predicted molar refractivity (Wildman–Crippen MR) is 57.5 cm³/mol. The summed E-state index contributed by atoms with van der Waals surface area (Å²) in [6.07, 6.45) is 3.29. The number of rotatable bonds is 3. The van der Waals surface area contributed by atoms with Crippen LogP contribution in [-0.4, -0.2) is 17.2 Å². The molecule has 2 N–H and O–H groups in total. The molecule has 0 bridgehead atoms. The lowest BCUT2D eigenvalue weighted by atomic mass is 9.79. The van der Waals surface area contributed by atoms with Crippen LogP contribution in [-0.2, 0) is 6.42 Å². The van der Waals surface area contributed by atoms with E-state index >= 15 is 0 Å². The van der Waals surface area contributed by atoms with E-state index in [4.69, 9.17) is 0 Å². The Kier molecular flexibility index (Phi) is 2.46. The van der Waals surface area contributed by atoms with Gasteiger partial charge in [-0.25, -0.2) is 0 Å². The lowest BCUT2D eigenvalue weighted by Gasteiger charge is -2.43. The van der Waals surface area contributed by atoms with Crippen LogP contribution in [0.25, 0.3) is 0 Å². The Hall–Kier alpha value is -1.02. The second-order valence-corrected chi connectivity index (χ2v) is 4.12. The van der Waals surface area contributed by atoms with Gasteiger partial charge in [-0.2, -0.15) is 0 Å². The van der Waals surface area contributed by atoms with Crippen LogP contribution in [0.3, 0.4) is 0 Å². The lowest BCUT2D eigenvalue weighted by Crippen LogP contribution is -2.57. The fraction of sp³-hybridized carbons (Fsp3) is 0.500. The summed E-state index contributed by atoms with van der Waals surface area (Å²) in [6, 6.07) is 7.62. The Morgan fingerprint density at radius 1 is 1.43 bits per heavy atom. The van der Waals surface area contributed by atoms with Crippen molar-refractivity contribution >= 4 is 0 Å². The van der Waals surface area contributed by atoms with Gasteiger partial charge in [0.15, 0.2) is 0 Å². The molecule has 2 heteroatoms. The molecule has 0 aliphatic carbocycles. The second-order valence-electron chi connectivity index (χ2n) is 4.12. The third kappa shape index (κ3) is 1.62. The van der Waals surface area contributed by atoms with Gasteiger partial charge in [0.05, 0.1) is 0 Å². The van der Waals surface area contributed by atoms with Crippen LogP contribution in [0.15, 0.2) is 24.3 Å². The Morgan fingerprint density at radius 2 is 2.14 bits per heavy atom. The molecule has 1 heterocycles. The van der Waals surface area contributed by atoms with E-state index in [-0.39, 0.29) is 5.54 Å². The molecule has 2 rings (SSSR count). The third-order valence-electron chi connectivity index (χ3n) is 3.30. The highest BCUT2D eigenvalue weighted by molar-refractivity contribution is 5.33. The molecular weight excluding hydrogens is 174 g/mol. The van der Waals surface area contributed by atoms with Crippen molar-refractivity contribution in [1.82, 2.24) is 5.32 Å². The summed E-state index contributed by atoms with van der Waals surface area (Å²) in [7, 11) is 0. The van der Waals surface area contributed by atoms with Gasteiger partial charge in [0.2, 0.25) is 0 Å². The van der Waals surface area contributed by atoms with Crippen LogP contribution in [0, 0.1) is 0 Å². The van der Waals surface area contributed by atoms with Crippen LogP contribution < -0.4 is 5.32 Å². The molecule has 0 radical (unpaired) electrons. The van der Waals surface area contributed by atoms with E-state index in [9.17, 15) is 5.11 Å². The highest BCUT2D eigenvalue weighted by Gasteiger charge is 2.34. The molecule has 1 atom stereocenters. The maximum atomic E-state index is 9.66. The first-order valence-electron chi connectivity index (χ1n) is 5.28. The Bertz CT molecular complexity index is 312. The predicted octanol–water partition coefficient (Wildman–Crippen LogP) is 2.08. The molecule has 1 fully saturated rings. The van der Waals surface area contributed by atoms with Gasteiger partial charge in [-0.1, -0.05) is 25.1 Å². The van der Waals surface area contributed by atoms with Gasteiger partial charge in [-0.05, 0) is 37.4 Å². The second kappa shape index (κ2) is 3.62. The minimum Gasteiger partial charge on any atom is -0.508 e. The van der Waals surface area contributed by atoms with Crippen molar-refractivity contribution in [3.8, 4) is 5.75 Å². The zero-order chi connectivity index (χ0) is 10.0. The molecular formula is C12H17NO. The summed E-state index contributed by atoms with van der Waals surface area (Å²) in [5.41, 5.74) is 1.31. The number of aromatic hydroxyl groups is 1. The Labute approximate surface area is 85.0 Å². The number of phenolic OH excluding ortho intramolecular Hbond substituents is 1.